The number of hydrogen-bond donors (Lipinski definition) is 1. The molecule has 0 bridgehead atoms. The van der Waals surface area contributed by atoms with E-state index in [0.717, 1.165) is 0 Å². The number of amides is 1. The molecule has 1 aromatic rings. The smallest absolute Gasteiger partial charge is 0.273 e. The number of nitrogens with two attached hydrogens (primary N) is 1. The standard InChI is InChI=1S/C8H7BrN2O3/c1-4-6(11(13)14)3-2-5(7(4)9)8(10)12/h2-3H,1H3,(H2,10,12). The van der Waals surface area contributed by atoms with Crippen LogP contribution in [0.15, 0.2) is 16.6 Å². The quantitative estimate of drug-likeness (QED) is 0.648. The van der Waals surface area contributed by atoms with Gasteiger partial charge in [-0.2, -0.15) is 0 Å². The van der Waals surface area contributed by atoms with Crippen LogP contribution < -0.4 is 5.73 Å². The Morgan fingerprint density at radius 3 is 2.57 bits per heavy atom. The highest BCUT2D eigenvalue weighted by Crippen LogP contribution is 2.28. The Bertz CT molecular complexity index is 378. The number of carbonyl (C=O) groups excluding carboxylic acids is 1. The molecule has 74 valence electrons. The van der Waals surface area contributed by atoms with Gasteiger partial charge in [0.25, 0.3) is 5.69 Å². The zero-order chi connectivity index (χ0) is 10.9. The maximum atomic E-state index is 10.9. The summed E-state index contributed by atoms with van der Waals surface area (Å²) in [5, 5.41) is 10.5. The van der Waals surface area contributed by atoms with Gasteiger partial charge >= 0.3 is 0 Å². The van der Waals surface area contributed by atoms with Crippen LogP contribution in [0.1, 0.15) is 15.9 Å². The Morgan fingerprint density at radius 1 is 1.57 bits per heavy atom. The topological polar surface area (TPSA) is 86.2 Å². The SMILES string of the molecule is Cc1c([N+](=O)[O-])ccc(C(N)=O)c1Br. The molecule has 0 fully saturated rings. The molecule has 5 nitrogen and oxygen atoms in total. The Morgan fingerprint density at radius 2 is 2.14 bits per heavy atom. The molecule has 0 aliphatic rings. The third-order valence-corrected chi connectivity index (χ3v) is 2.84. The Balaban J connectivity index is 3.41. The predicted octanol–water partition coefficient (Wildman–Crippen LogP) is 1.76. The summed E-state index contributed by atoms with van der Waals surface area (Å²) in [5.41, 5.74) is 5.67. The van der Waals surface area contributed by atoms with Gasteiger partial charge in [0.2, 0.25) is 5.91 Å². The van der Waals surface area contributed by atoms with Gasteiger partial charge in [-0.3, -0.25) is 14.9 Å². The first-order valence-electron chi connectivity index (χ1n) is 3.68. The molecular weight excluding hydrogens is 252 g/mol. The fraction of sp³-hybridized carbons (Fsp3) is 0.125. The number of nitro benzene ring substituents is 1. The van der Waals surface area contributed by atoms with Gasteiger partial charge in [-0.05, 0) is 28.9 Å². The number of halogens is 1. The lowest BCUT2D eigenvalue weighted by atomic mass is 10.1. The van der Waals surface area contributed by atoms with Crippen molar-refractivity contribution >= 4 is 27.5 Å². The lowest BCUT2D eigenvalue weighted by molar-refractivity contribution is -0.385. The summed E-state index contributed by atoms with van der Waals surface area (Å²) < 4.78 is 0.374. The van der Waals surface area contributed by atoms with Gasteiger partial charge in [0.1, 0.15) is 0 Å². The highest BCUT2D eigenvalue weighted by molar-refractivity contribution is 9.10. The molecule has 0 aliphatic carbocycles. The molecule has 0 radical (unpaired) electrons. The van der Waals surface area contributed by atoms with E-state index in [4.69, 9.17) is 5.73 Å². The third-order valence-electron chi connectivity index (χ3n) is 1.82. The van der Waals surface area contributed by atoms with Crippen LogP contribution in [0.25, 0.3) is 0 Å². The van der Waals surface area contributed by atoms with Gasteiger partial charge in [-0.1, -0.05) is 0 Å². The van der Waals surface area contributed by atoms with Crippen molar-refractivity contribution in [1.29, 1.82) is 0 Å². The van der Waals surface area contributed by atoms with Crippen LogP contribution in [-0.2, 0) is 0 Å². The van der Waals surface area contributed by atoms with E-state index < -0.39 is 10.8 Å². The van der Waals surface area contributed by atoms with E-state index in [1.54, 1.807) is 6.92 Å². The van der Waals surface area contributed by atoms with Crippen molar-refractivity contribution in [3.8, 4) is 0 Å². The third kappa shape index (κ3) is 1.74. The minimum absolute atomic E-state index is 0.0399. The van der Waals surface area contributed by atoms with Crippen molar-refractivity contribution in [1.82, 2.24) is 0 Å². The van der Waals surface area contributed by atoms with Gasteiger partial charge in [-0.25, -0.2) is 0 Å². The van der Waals surface area contributed by atoms with E-state index in [1.807, 2.05) is 0 Å². The second kappa shape index (κ2) is 3.75. The van der Waals surface area contributed by atoms with Crippen LogP contribution in [0.5, 0.6) is 0 Å². The summed E-state index contributed by atoms with van der Waals surface area (Å²) in [6.07, 6.45) is 0. The molecule has 0 aromatic heterocycles. The molecule has 1 rings (SSSR count). The second-order valence-electron chi connectivity index (χ2n) is 2.69. The van der Waals surface area contributed by atoms with Crippen molar-refractivity contribution in [3.05, 3.63) is 37.8 Å². The van der Waals surface area contributed by atoms with E-state index in [2.05, 4.69) is 15.9 Å². The average Bonchev–Trinajstić information content (AvgIpc) is 2.08. The predicted molar refractivity (Wildman–Crippen MR) is 54.1 cm³/mol. The van der Waals surface area contributed by atoms with Crippen molar-refractivity contribution in [2.24, 2.45) is 5.73 Å². The van der Waals surface area contributed by atoms with Gasteiger partial charge in [0.05, 0.1) is 10.5 Å². The number of carbonyl (C=O) groups is 1. The molecule has 2 N–H and O–H groups in total. The molecule has 14 heavy (non-hydrogen) atoms. The molecule has 0 spiro atoms. The lowest BCUT2D eigenvalue weighted by Gasteiger charge is -2.03. The Labute approximate surface area is 88.2 Å². The summed E-state index contributed by atoms with van der Waals surface area (Å²) in [5.74, 6) is -0.616. The number of benzene rings is 1. The Hall–Kier alpha value is -1.43. The largest absolute Gasteiger partial charge is 0.366 e. The summed E-state index contributed by atoms with van der Waals surface area (Å²) in [7, 11) is 0. The fourth-order valence-corrected chi connectivity index (χ4v) is 1.59. The zero-order valence-electron chi connectivity index (χ0n) is 7.28. The number of nitro groups is 1. The number of rotatable bonds is 2. The average molecular weight is 259 g/mol. The van der Waals surface area contributed by atoms with Crippen LogP contribution in [-0.4, -0.2) is 10.8 Å². The monoisotopic (exact) mass is 258 g/mol. The highest BCUT2D eigenvalue weighted by Gasteiger charge is 2.17. The summed E-state index contributed by atoms with van der Waals surface area (Å²) in [6, 6.07) is 2.59. The van der Waals surface area contributed by atoms with Crippen LogP contribution in [0, 0.1) is 17.0 Å². The normalized spacial score (nSPS) is 9.86. The summed E-state index contributed by atoms with van der Waals surface area (Å²) in [6.45, 7) is 1.55. The molecular formula is C8H7BrN2O3. The molecule has 0 saturated carbocycles. The summed E-state index contributed by atoms with van der Waals surface area (Å²) >= 11 is 3.09. The first-order chi connectivity index (χ1) is 6.45. The minimum Gasteiger partial charge on any atom is -0.366 e. The van der Waals surface area contributed by atoms with E-state index in [9.17, 15) is 14.9 Å². The van der Waals surface area contributed by atoms with Crippen LogP contribution in [0.4, 0.5) is 5.69 Å². The molecule has 0 heterocycles. The zero-order valence-corrected chi connectivity index (χ0v) is 8.87. The van der Waals surface area contributed by atoms with Gasteiger partial charge in [0.15, 0.2) is 0 Å². The lowest BCUT2D eigenvalue weighted by Crippen LogP contribution is -2.12. The van der Waals surface area contributed by atoms with Gasteiger partial charge < -0.3 is 5.73 Å². The van der Waals surface area contributed by atoms with Gasteiger partial charge in [-0.15, -0.1) is 0 Å². The summed E-state index contributed by atoms with van der Waals surface area (Å²) in [4.78, 5) is 20.9. The Kier molecular flexibility index (Phi) is 2.85. The maximum Gasteiger partial charge on any atom is 0.273 e. The van der Waals surface area contributed by atoms with Gasteiger partial charge in [0, 0.05) is 16.1 Å². The first-order valence-corrected chi connectivity index (χ1v) is 4.47. The molecule has 1 aromatic carbocycles. The molecule has 0 saturated heterocycles. The van der Waals surface area contributed by atoms with Crippen LogP contribution in [0.2, 0.25) is 0 Å². The number of nitrogens with zero attached hydrogens (tertiary/aromatic N) is 1. The molecule has 1 amide bonds. The first kappa shape index (κ1) is 10.6. The molecule has 0 unspecified atom stereocenters. The highest BCUT2D eigenvalue weighted by atomic mass is 79.9. The molecule has 0 aliphatic heterocycles. The van der Waals surface area contributed by atoms with E-state index >= 15 is 0 Å². The van der Waals surface area contributed by atoms with Crippen LogP contribution >= 0.6 is 15.9 Å². The molecule has 6 heteroatoms. The number of hydrogen-bond acceptors (Lipinski definition) is 3. The maximum absolute atomic E-state index is 10.9. The second-order valence-corrected chi connectivity index (χ2v) is 3.49. The van der Waals surface area contributed by atoms with Crippen molar-refractivity contribution < 1.29 is 9.72 Å². The minimum atomic E-state index is -0.616. The van der Waals surface area contributed by atoms with E-state index in [-0.39, 0.29) is 11.3 Å². The van der Waals surface area contributed by atoms with E-state index in [1.165, 1.54) is 12.1 Å². The number of primary amides is 1. The molecule has 0 atom stereocenters. The fourth-order valence-electron chi connectivity index (χ4n) is 1.06. The van der Waals surface area contributed by atoms with E-state index in [0.29, 0.717) is 10.0 Å². The van der Waals surface area contributed by atoms with Crippen molar-refractivity contribution in [2.45, 2.75) is 6.92 Å². The van der Waals surface area contributed by atoms with Crippen molar-refractivity contribution in [3.63, 3.8) is 0 Å². The van der Waals surface area contributed by atoms with Crippen LogP contribution in [0.3, 0.4) is 0 Å². The van der Waals surface area contributed by atoms with Crippen molar-refractivity contribution in [2.75, 3.05) is 0 Å².